The van der Waals surface area contributed by atoms with Gasteiger partial charge in [0.1, 0.15) is 0 Å². The van der Waals surface area contributed by atoms with Crippen molar-refractivity contribution >= 4 is 22.4 Å². The Kier molecular flexibility index (Phi) is 4.37. The quantitative estimate of drug-likeness (QED) is 0.923. The molecule has 2 aromatic rings. The number of carbonyl (C=O) groups is 1. The number of hydrogen-bond acceptors (Lipinski definition) is 5. The Morgan fingerprint density at radius 1 is 1.42 bits per heavy atom. The number of nitrogens with one attached hydrogen (secondary N) is 1. The molecule has 1 saturated heterocycles. The highest BCUT2D eigenvalue weighted by molar-refractivity contribution is 7.15. The lowest BCUT2D eigenvalue weighted by atomic mass is 9.94. The minimum atomic E-state index is 0.0491. The number of amides is 1. The molecule has 0 unspecified atom stereocenters. The molecule has 24 heavy (non-hydrogen) atoms. The first kappa shape index (κ1) is 15.8. The number of anilines is 1. The first-order valence-corrected chi connectivity index (χ1v) is 9.49. The molecule has 1 amide bonds. The number of rotatable bonds is 4. The van der Waals surface area contributed by atoms with Crippen molar-refractivity contribution in [2.45, 2.75) is 38.0 Å². The topological polar surface area (TPSA) is 63.1 Å². The number of aromatic nitrogens is 3. The monoisotopic (exact) mass is 345 g/mol. The first-order valence-electron chi connectivity index (χ1n) is 8.68. The molecule has 3 heterocycles. The van der Waals surface area contributed by atoms with Crippen LogP contribution in [0, 0.1) is 0 Å². The minimum Gasteiger partial charge on any atom is -0.301 e. The third-order valence-corrected chi connectivity index (χ3v) is 6.06. The smallest absolute Gasteiger partial charge is 0.240 e. The van der Waals surface area contributed by atoms with Gasteiger partial charge in [0.25, 0.3) is 0 Å². The van der Waals surface area contributed by atoms with Crippen LogP contribution in [0.2, 0.25) is 0 Å². The molecule has 0 radical (unpaired) electrons. The van der Waals surface area contributed by atoms with Gasteiger partial charge in [-0.15, -0.1) is 11.3 Å². The number of aryl methyl sites for hydroxylation is 3. The van der Waals surface area contributed by atoms with E-state index in [0.717, 1.165) is 43.9 Å². The Balaban J connectivity index is 1.34. The second kappa shape index (κ2) is 6.64. The van der Waals surface area contributed by atoms with Gasteiger partial charge in [0.2, 0.25) is 5.91 Å². The third kappa shape index (κ3) is 3.23. The maximum absolute atomic E-state index is 12.4. The molecule has 2 aromatic heterocycles. The van der Waals surface area contributed by atoms with Crippen LogP contribution in [0.3, 0.4) is 0 Å². The summed E-state index contributed by atoms with van der Waals surface area (Å²) in [6.45, 7) is 2.34. The SMILES string of the molecule is Cn1nccc1[C@H]1CCCN(CC(=O)Nc2nc3c(s2)CCC3)C1. The van der Waals surface area contributed by atoms with E-state index in [4.69, 9.17) is 0 Å². The van der Waals surface area contributed by atoms with E-state index in [9.17, 15) is 4.79 Å². The summed E-state index contributed by atoms with van der Waals surface area (Å²) >= 11 is 1.64. The molecule has 6 nitrogen and oxygen atoms in total. The highest BCUT2D eigenvalue weighted by Crippen LogP contribution is 2.30. The van der Waals surface area contributed by atoms with Crippen molar-refractivity contribution in [1.29, 1.82) is 0 Å². The fraction of sp³-hybridized carbons (Fsp3) is 0.588. The molecule has 0 aromatic carbocycles. The predicted molar refractivity (Wildman–Crippen MR) is 94.4 cm³/mol. The van der Waals surface area contributed by atoms with E-state index in [1.807, 2.05) is 17.9 Å². The maximum Gasteiger partial charge on any atom is 0.240 e. The van der Waals surface area contributed by atoms with Crippen LogP contribution in [0.25, 0.3) is 0 Å². The van der Waals surface area contributed by atoms with E-state index in [-0.39, 0.29) is 5.91 Å². The van der Waals surface area contributed by atoms with Crippen LogP contribution < -0.4 is 5.32 Å². The highest BCUT2D eigenvalue weighted by Gasteiger charge is 2.25. The summed E-state index contributed by atoms with van der Waals surface area (Å²) in [5, 5.41) is 8.03. The average Bonchev–Trinajstić information content (AvgIpc) is 3.23. The van der Waals surface area contributed by atoms with Crippen molar-refractivity contribution in [3.8, 4) is 0 Å². The van der Waals surface area contributed by atoms with Gasteiger partial charge in [0.05, 0.1) is 12.2 Å². The standard InChI is InChI=1S/C17H23N5OS/c1-21-14(7-8-18-21)12-4-3-9-22(10-12)11-16(23)20-17-19-13-5-2-6-15(13)24-17/h7-8,12H,2-6,9-11H2,1H3,(H,19,20,23)/t12-/m0/s1. The summed E-state index contributed by atoms with van der Waals surface area (Å²) in [4.78, 5) is 20.5. The molecule has 128 valence electrons. The second-order valence-corrected chi connectivity index (χ2v) is 7.83. The highest BCUT2D eigenvalue weighted by atomic mass is 32.1. The Morgan fingerprint density at radius 3 is 3.12 bits per heavy atom. The van der Waals surface area contributed by atoms with E-state index >= 15 is 0 Å². The van der Waals surface area contributed by atoms with E-state index in [2.05, 4.69) is 26.4 Å². The molecular weight excluding hydrogens is 322 g/mol. The van der Waals surface area contributed by atoms with Crippen LogP contribution >= 0.6 is 11.3 Å². The third-order valence-electron chi connectivity index (χ3n) is 4.99. The fourth-order valence-electron chi connectivity index (χ4n) is 3.83. The summed E-state index contributed by atoms with van der Waals surface area (Å²) < 4.78 is 1.95. The van der Waals surface area contributed by atoms with Crippen molar-refractivity contribution < 1.29 is 4.79 Å². The number of thiazole rings is 1. The van der Waals surface area contributed by atoms with Crippen molar-refractivity contribution in [2.75, 3.05) is 25.0 Å². The Morgan fingerprint density at radius 2 is 2.33 bits per heavy atom. The summed E-state index contributed by atoms with van der Waals surface area (Å²) in [5.74, 6) is 0.510. The van der Waals surface area contributed by atoms with Crippen LogP contribution in [0.4, 0.5) is 5.13 Å². The number of nitrogens with zero attached hydrogens (tertiary/aromatic N) is 4. The van der Waals surface area contributed by atoms with Gasteiger partial charge in [-0.2, -0.15) is 5.10 Å². The molecule has 0 spiro atoms. The van der Waals surface area contributed by atoms with Crippen LogP contribution in [-0.4, -0.2) is 45.2 Å². The summed E-state index contributed by atoms with van der Waals surface area (Å²) in [6.07, 6.45) is 7.50. The molecule has 7 heteroatoms. The number of hydrogen-bond donors (Lipinski definition) is 1. The van der Waals surface area contributed by atoms with Gasteiger partial charge >= 0.3 is 0 Å². The Hall–Kier alpha value is -1.73. The van der Waals surface area contributed by atoms with Crippen molar-refractivity contribution in [2.24, 2.45) is 7.05 Å². The Labute approximate surface area is 145 Å². The van der Waals surface area contributed by atoms with Crippen molar-refractivity contribution in [3.63, 3.8) is 0 Å². The van der Waals surface area contributed by atoms with Gasteiger partial charge in [0.15, 0.2) is 5.13 Å². The summed E-state index contributed by atoms with van der Waals surface area (Å²) in [6, 6.07) is 2.09. The van der Waals surface area contributed by atoms with Crippen molar-refractivity contribution in [1.82, 2.24) is 19.7 Å². The fourth-order valence-corrected chi connectivity index (χ4v) is 4.90. The lowest BCUT2D eigenvalue weighted by molar-refractivity contribution is -0.117. The molecule has 1 aliphatic carbocycles. The zero-order chi connectivity index (χ0) is 16.5. The number of carbonyl (C=O) groups excluding carboxylic acids is 1. The first-order chi connectivity index (χ1) is 11.7. The number of piperidine rings is 1. The molecule has 1 atom stereocenters. The lowest BCUT2D eigenvalue weighted by Crippen LogP contribution is -2.40. The molecule has 4 rings (SSSR count). The molecule has 1 N–H and O–H groups in total. The van der Waals surface area contributed by atoms with E-state index in [1.54, 1.807) is 11.3 Å². The van der Waals surface area contributed by atoms with Gasteiger partial charge in [-0.05, 0) is 44.7 Å². The summed E-state index contributed by atoms with van der Waals surface area (Å²) in [7, 11) is 1.99. The molecule has 1 aliphatic heterocycles. The molecular formula is C17H23N5OS. The zero-order valence-electron chi connectivity index (χ0n) is 14.0. The average molecular weight is 345 g/mol. The van der Waals surface area contributed by atoms with Gasteiger partial charge in [-0.3, -0.25) is 14.4 Å². The Bertz CT molecular complexity index is 716. The molecule has 0 bridgehead atoms. The predicted octanol–water partition coefficient (Wildman–Crippen LogP) is 2.18. The van der Waals surface area contributed by atoms with E-state index < -0.39 is 0 Å². The van der Waals surface area contributed by atoms with Crippen molar-refractivity contribution in [3.05, 3.63) is 28.5 Å². The van der Waals surface area contributed by atoms with E-state index in [0.29, 0.717) is 12.5 Å². The lowest BCUT2D eigenvalue weighted by Gasteiger charge is -2.32. The second-order valence-electron chi connectivity index (χ2n) is 6.74. The van der Waals surface area contributed by atoms with Crippen LogP contribution in [0.5, 0.6) is 0 Å². The minimum absolute atomic E-state index is 0.0491. The number of likely N-dealkylation sites (tertiary alicyclic amines) is 1. The van der Waals surface area contributed by atoms with Gasteiger partial charge in [0, 0.05) is 36.3 Å². The van der Waals surface area contributed by atoms with Gasteiger partial charge in [-0.25, -0.2) is 4.98 Å². The summed E-state index contributed by atoms with van der Waals surface area (Å²) in [5.41, 5.74) is 2.45. The van der Waals surface area contributed by atoms with Crippen LogP contribution in [-0.2, 0) is 24.7 Å². The van der Waals surface area contributed by atoms with Gasteiger partial charge < -0.3 is 5.32 Å². The molecule has 2 aliphatic rings. The maximum atomic E-state index is 12.4. The zero-order valence-corrected chi connectivity index (χ0v) is 14.8. The van der Waals surface area contributed by atoms with Crippen LogP contribution in [0.15, 0.2) is 12.3 Å². The number of fused-ring (bicyclic) bond motifs is 1. The van der Waals surface area contributed by atoms with Crippen LogP contribution in [0.1, 0.15) is 41.4 Å². The largest absolute Gasteiger partial charge is 0.301 e. The normalized spacial score (nSPS) is 21.0. The molecule has 0 saturated carbocycles. The van der Waals surface area contributed by atoms with Gasteiger partial charge in [-0.1, -0.05) is 0 Å². The van der Waals surface area contributed by atoms with E-state index in [1.165, 1.54) is 22.7 Å². The molecule has 1 fully saturated rings.